The number of rotatable bonds is 2. The second-order valence-corrected chi connectivity index (χ2v) is 8.98. The minimum absolute atomic E-state index is 0.0908. The molecule has 0 saturated carbocycles. The Balaban J connectivity index is 1.68. The molecule has 0 spiro atoms. The average Bonchev–Trinajstić information content (AvgIpc) is 3.28. The molecule has 33 heavy (non-hydrogen) atoms. The molecule has 0 amide bonds. The molecule has 0 radical (unpaired) electrons. The first kappa shape index (κ1) is 19.7. The number of hydrogen-bond acceptors (Lipinski definition) is 4. The van der Waals surface area contributed by atoms with E-state index < -0.39 is 0 Å². The predicted molar refractivity (Wildman–Crippen MR) is 130 cm³/mol. The number of anilines is 1. The first-order valence-electron chi connectivity index (χ1n) is 11.2. The number of benzene rings is 2. The molecular formula is C28H24N4O. The van der Waals surface area contributed by atoms with Crippen LogP contribution in [0.3, 0.4) is 0 Å². The quantitative estimate of drug-likeness (QED) is 0.444. The van der Waals surface area contributed by atoms with E-state index in [-0.39, 0.29) is 11.7 Å². The number of carbonyl (C=O) groups excluding carboxylic acids is 1. The largest absolute Gasteiger partial charge is 0.339 e. The number of hydrogen-bond donors (Lipinski definition) is 1. The molecule has 1 unspecified atom stereocenters. The van der Waals surface area contributed by atoms with Crippen molar-refractivity contribution in [1.29, 1.82) is 0 Å². The van der Waals surface area contributed by atoms with Crippen LogP contribution in [0.2, 0.25) is 0 Å². The highest BCUT2D eigenvalue weighted by Gasteiger charge is 2.43. The molecule has 5 nitrogen and oxygen atoms in total. The van der Waals surface area contributed by atoms with Crippen LogP contribution in [0, 0.1) is 27.7 Å². The van der Waals surface area contributed by atoms with Gasteiger partial charge in [-0.25, -0.2) is 4.98 Å². The first-order chi connectivity index (χ1) is 16.0. The molecule has 0 bridgehead atoms. The second kappa shape index (κ2) is 7.01. The van der Waals surface area contributed by atoms with Crippen LogP contribution >= 0.6 is 0 Å². The first-order valence-corrected chi connectivity index (χ1v) is 11.2. The van der Waals surface area contributed by atoms with Crippen LogP contribution in [0.4, 0.5) is 5.82 Å². The standard InChI is InChI=1S/C28H24N4O/c1-15-13-16(2)22(17(3)14-15)24-23-18(4)31-32(21-11-7-8-12-29-21)28(23)30-26-19-9-5-6-10-20(19)27(33)25(24)26/h5-14,24,30H,1-4H3. The molecule has 2 aromatic heterocycles. The lowest BCUT2D eigenvalue weighted by Gasteiger charge is -2.29. The average molecular weight is 433 g/mol. The third kappa shape index (κ3) is 2.75. The molecule has 3 heterocycles. The molecule has 1 atom stereocenters. The van der Waals surface area contributed by atoms with E-state index in [4.69, 9.17) is 5.10 Å². The summed E-state index contributed by atoms with van der Waals surface area (Å²) in [5, 5.41) is 8.48. The lowest BCUT2D eigenvalue weighted by molar-refractivity contribution is 0.103. The summed E-state index contributed by atoms with van der Waals surface area (Å²) in [5.41, 5.74) is 10.1. The summed E-state index contributed by atoms with van der Waals surface area (Å²) in [5.74, 6) is 1.51. The van der Waals surface area contributed by atoms with E-state index in [1.165, 1.54) is 22.3 Å². The Morgan fingerprint density at radius 3 is 2.27 bits per heavy atom. The highest BCUT2D eigenvalue weighted by Crippen LogP contribution is 2.51. The normalized spacial score (nSPS) is 16.4. The van der Waals surface area contributed by atoms with E-state index >= 15 is 0 Å². The van der Waals surface area contributed by atoms with Gasteiger partial charge >= 0.3 is 0 Å². The SMILES string of the molecule is Cc1cc(C)c(C2C3=C(Nc4c2c(C)nn4-c2ccccn2)c2ccccc2C3=O)c(C)c1. The predicted octanol–water partition coefficient (Wildman–Crippen LogP) is 5.67. The number of carbonyl (C=O) groups is 1. The van der Waals surface area contributed by atoms with Gasteiger partial charge in [-0.2, -0.15) is 9.78 Å². The molecule has 2 aliphatic rings. The minimum atomic E-state index is -0.200. The maximum absolute atomic E-state index is 13.8. The fourth-order valence-electron chi connectivity index (χ4n) is 5.56. The molecular weight excluding hydrogens is 408 g/mol. The molecule has 0 fully saturated rings. The summed E-state index contributed by atoms with van der Waals surface area (Å²) in [7, 11) is 0. The fraction of sp³-hybridized carbons (Fsp3) is 0.179. The van der Waals surface area contributed by atoms with Gasteiger partial charge in [-0.15, -0.1) is 0 Å². The van der Waals surface area contributed by atoms with Crippen LogP contribution in [0.25, 0.3) is 11.5 Å². The Morgan fingerprint density at radius 1 is 0.879 bits per heavy atom. The zero-order chi connectivity index (χ0) is 22.9. The van der Waals surface area contributed by atoms with Gasteiger partial charge in [0.2, 0.25) is 0 Å². The molecule has 0 saturated heterocycles. The van der Waals surface area contributed by atoms with Gasteiger partial charge in [0.25, 0.3) is 0 Å². The number of pyridine rings is 1. The summed E-state index contributed by atoms with van der Waals surface area (Å²) in [4.78, 5) is 18.3. The van der Waals surface area contributed by atoms with Crippen molar-refractivity contribution in [3.63, 3.8) is 0 Å². The number of allylic oxidation sites excluding steroid dienone is 1. The fourth-order valence-corrected chi connectivity index (χ4v) is 5.56. The summed E-state index contributed by atoms with van der Waals surface area (Å²) < 4.78 is 1.87. The van der Waals surface area contributed by atoms with Crippen molar-refractivity contribution in [3.8, 4) is 5.82 Å². The molecule has 2 aromatic carbocycles. The molecule has 1 aliphatic carbocycles. The summed E-state index contributed by atoms with van der Waals surface area (Å²) in [6, 6.07) is 18.1. The van der Waals surface area contributed by atoms with Gasteiger partial charge in [0.15, 0.2) is 11.6 Å². The van der Waals surface area contributed by atoms with Crippen LogP contribution in [-0.2, 0) is 0 Å². The second-order valence-electron chi connectivity index (χ2n) is 8.98. The number of nitrogens with one attached hydrogen (secondary N) is 1. The van der Waals surface area contributed by atoms with Crippen LogP contribution in [-0.4, -0.2) is 20.5 Å². The maximum atomic E-state index is 13.8. The van der Waals surface area contributed by atoms with E-state index in [1.54, 1.807) is 6.20 Å². The van der Waals surface area contributed by atoms with Crippen molar-refractivity contribution < 1.29 is 4.79 Å². The highest BCUT2D eigenvalue weighted by molar-refractivity contribution is 6.24. The van der Waals surface area contributed by atoms with Crippen LogP contribution < -0.4 is 5.32 Å². The molecule has 1 N–H and O–H groups in total. The van der Waals surface area contributed by atoms with Crippen molar-refractivity contribution >= 4 is 17.3 Å². The van der Waals surface area contributed by atoms with E-state index in [2.05, 4.69) is 43.2 Å². The zero-order valence-electron chi connectivity index (χ0n) is 19.1. The number of Topliss-reactive ketones (excluding diaryl/α,β-unsaturated/α-hetero) is 1. The Labute approximate surface area is 192 Å². The highest BCUT2D eigenvalue weighted by atomic mass is 16.1. The van der Waals surface area contributed by atoms with Crippen molar-refractivity contribution in [2.75, 3.05) is 5.32 Å². The number of aryl methyl sites for hydroxylation is 4. The Bertz CT molecular complexity index is 1470. The van der Waals surface area contributed by atoms with Gasteiger partial charge in [-0.1, -0.05) is 48.0 Å². The van der Waals surface area contributed by atoms with Gasteiger partial charge in [-0.05, 0) is 56.5 Å². The van der Waals surface area contributed by atoms with Crippen molar-refractivity contribution in [2.24, 2.45) is 0 Å². The van der Waals surface area contributed by atoms with Crippen molar-refractivity contribution in [2.45, 2.75) is 33.6 Å². The number of nitrogens with zero attached hydrogens (tertiary/aromatic N) is 3. The van der Waals surface area contributed by atoms with E-state index in [0.29, 0.717) is 0 Å². The maximum Gasteiger partial charge on any atom is 0.192 e. The van der Waals surface area contributed by atoms with Crippen molar-refractivity contribution in [3.05, 3.63) is 111 Å². The minimum Gasteiger partial charge on any atom is -0.339 e. The number of aromatic nitrogens is 3. The smallest absolute Gasteiger partial charge is 0.192 e. The van der Waals surface area contributed by atoms with Gasteiger partial charge < -0.3 is 5.32 Å². The van der Waals surface area contributed by atoms with E-state index in [9.17, 15) is 4.79 Å². The molecule has 6 rings (SSSR count). The third-order valence-electron chi connectivity index (χ3n) is 6.78. The molecule has 4 aromatic rings. The molecule has 162 valence electrons. The lowest BCUT2D eigenvalue weighted by atomic mass is 9.77. The van der Waals surface area contributed by atoms with Gasteiger partial charge in [0, 0.05) is 34.4 Å². The van der Waals surface area contributed by atoms with Crippen LogP contribution in [0.1, 0.15) is 55.4 Å². The zero-order valence-corrected chi connectivity index (χ0v) is 19.1. The van der Waals surface area contributed by atoms with Gasteiger partial charge in [-0.3, -0.25) is 4.79 Å². The van der Waals surface area contributed by atoms with Crippen LogP contribution in [0.5, 0.6) is 0 Å². The summed E-state index contributed by atoms with van der Waals surface area (Å²) in [6.07, 6.45) is 1.77. The monoisotopic (exact) mass is 432 g/mol. The van der Waals surface area contributed by atoms with Crippen molar-refractivity contribution in [1.82, 2.24) is 14.8 Å². The summed E-state index contributed by atoms with van der Waals surface area (Å²) >= 11 is 0. The summed E-state index contributed by atoms with van der Waals surface area (Å²) in [6.45, 7) is 8.41. The van der Waals surface area contributed by atoms with Gasteiger partial charge in [0.1, 0.15) is 5.82 Å². The number of fused-ring (bicyclic) bond motifs is 3. The lowest BCUT2D eigenvalue weighted by Crippen LogP contribution is -2.21. The Kier molecular flexibility index (Phi) is 4.18. The van der Waals surface area contributed by atoms with Crippen LogP contribution in [0.15, 0.2) is 66.4 Å². The third-order valence-corrected chi connectivity index (χ3v) is 6.78. The topological polar surface area (TPSA) is 59.8 Å². The van der Waals surface area contributed by atoms with E-state index in [0.717, 1.165) is 45.3 Å². The van der Waals surface area contributed by atoms with E-state index in [1.807, 2.05) is 54.1 Å². The number of ketones is 1. The Morgan fingerprint density at radius 2 is 1.58 bits per heavy atom. The Hall–Kier alpha value is -3.99. The molecule has 1 aliphatic heterocycles. The molecule has 5 heteroatoms. The van der Waals surface area contributed by atoms with Gasteiger partial charge in [0.05, 0.1) is 11.4 Å².